The summed E-state index contributed by atoms with van der Waals surface area (Å²) in [7, 11) is 2.78. The van der Waals surface area contributed by atoms with Gasteiger partial charge in [0.05, 0.1) is 18.2 Å². The molecule has 0 unspecified atom stereocenters. The quantitative estimate of drug-likeness (QED) is 0.794. The number of piperidine rings is 1. The Morgan fingerprint density at radius 3 is 2.63 bits per heavy atom. The highest BCUT2D eigenvalue weighted by Gasteiger charge is 2.32. The van der Waals surface area contributed by atoms with Crippen LogP contribution in [-0.2, 0) is 13.2 Å². The van der Waals surface area contributed by atoms with Crippen LogP contribution < -0.4 is 15.6 Å². The summed E-state index contributed by atoms with van der Waals surface area (Å²) >= 11 is 0. The molecule has 30 heavy (non-hydrogen) atoms. The van der Waals surface area contributed by atoms with Crippen LogP contribution in [-0.4, -0.2) is 52.5 Å². The smallest absolute Gasteiger partial charge is 0.416 e. The first kappa shape index (κ1) is 22.1. The molecular formula is C20H26F3N5O2. The van der Waals surface area contributed by atoms with Gasteiger partial charge in [-0.15, -0.1) is 10.2 Å². The van der Waals surface area contributed by atoms with Crippen LogP contribution in [0.25, 0.3) is 11.4 Å². The molecule has 1 aromatic heterocycles. The van der Waals surface area contributed by atoms with E-state index in [2.05, 4.69) is 34.3 Å². The van der Waals surface area contributed by atoms with Gasteiger partial charge in [0.1, 0.15) is 5.75 Å². The SMILES string of the molecule is CCN1C[C@@H](C)C[C@@H](Nc2nnc(-c3ccc(C(F)(F)F)cc3OC)n(C)c2=O)C1. The molecule has 2 heterocycles. The van der Waals surface area contributed by atoms with Gasteiger partial charge in [0, 0.05) is 26.2 Å². The molecule has 10 heteroatoms. The summed E-state index contributed by atoms with van der Waals surface area (Å²) in [5.74, 6) is 0.712. The van der Waals surface area contributed by atoms with Crippen molar-refractivity contribution >= 4 is 5.82 Å². The predicted octanol–water partition coefficient (Wildman–Crippen LogP) is 3.01. The van der Waals surface area contributed by atoms with Gasteiger partial charge in [-0.25, -0.2) is 0 Å². The number of benzene rings is 1. The zero-order valence-corrected chi connectivity index (χ0v) is 17.5. The van der Waals surface area contributed by atoms with E-state index in [0.29, 0.717) is 5.92 Å². The van der Waals surface area contributed by atoms with E-state index >= 15 is 0 Å². The van der Waals surface area contributed by atoms with E-state index in [-0.39, 0.29) is 29.0 Å². The number of nitrogens with zero attached hydrogens (tertiary/aromatic N) is 4. The van der Waals surface area contributed by atoms with Gasteiger partial charge in [-0.3, -0.25) is 9.36 Å². The van der Waals surface area contributed by atoms with Crippen molar-refractivity contribution in [3.05, 3.63) is 34.1 Å². The predicted molar refractivity (Wildman–Crippen MR) is 108 cm³/mol. The Morgan fingerprint density at radius 2 is 2.00 bits per heavy atom. The third kappa shape index (κ3) is 4.58. The summed E-state index contributed by atoms with van der Waals surface area (Å²) < 4.78 is 45.3. The van der Waals surface area contributed by atoms with Crippen molar-refractivity contribution in [1.29, 1.82) is 0 Å². The van der Waals surface area contributed by atoms with Crippen molar-refractivity contribution in [2.24, 2.45) is 13.0 Å². The number of likely N-dealkylation sites (N-methyl/N-ethyl adjacent to an activating group) is 1. The average Bonchev–Trinajstić information content (AvgIpc) is 2.70. The molecular weight excluding hydrogens is 399 g/mol. The van der Waals surface area contributed by atoms with Gasteiger partial charge < -0.3 is 15.0 Å². The Labute approximate surface area is 172 Å². The van der Waals surface area contributed by atoms with Crippen LogP contribution in [0.15, 0.2) is 23.0 Å². The van der Waals surface area contributed by atoms with Gasteiger partial charge in [0.25, 0.3) is 5.56 Å². The van der Waals surface area contributed by atoms with Crippen LogP contribution in [0.2, 0.25) is 0 Å². The van der Waals surface area contributed by atoms with Crippen LogP contribution >= 0.6 is 0 Å². The lowest BCUT2D eigenvalue weighted by Crippen LogP contribution is -2.46. The van der Waals surface area contributed by atoms with E-state index < -0.39 is 17.3 Å². The van der Waals surface area contributed by atoms with E-state index in [4.69, 9.17) is 4.74 Å². The fourth-order valence-corrected chi connectivity index (χ4v) is 3.86. The van der Waals surface area contributed by atoms with Crippen molar-refractivity contribution in [3.63, 3.8) is 0 Å². The van der Waals surface area contributed by atoms with Crippen LogP contribution in [0, 0.1) is 5.92 Å². The number of halogens is 3. The Balaban J connectivity index is 1.91. The summed E-state index contributed by atoms with van der Waals surface area (Å²) in [4.78, 5) is 15.2. The Bertz CT molecular complexity index is 960. The highest BCUT2D eigenvalue weighted by molar-refractivity contribution is 5.65. The number of methoxy groups -OCH3 is 1. The molecule has 0 radical (unpaired) electrons. The lowest BCUT2D eigenvalue weighted by Gasteiger charge is -2.36. The molecule has 2 aromatic rings. The first-order chi connectivity index (χ1) is 14.1. The minimum absolute atomic E-state index is 0.0328. The number of anilines is 1. The lowest BCUT2D eigenvalue weighted by atomic mass is 9.96. The minimum atomic E-state index is -4.50. The van der Waals surface area contributed by atoms with Gasteiger partial charge in [-0.2, -0.15) is 13.2 Å². The first-order valence-electron chi connectivity index (χ1n) is 9.82. The first-order valence-corrected chi connectivity index (χ1v) is 9.82. The molecule has 1 N–H and O–H groups in total. The highest BCUT2D eigenvalue weighted by Crippen LogP contribution is 2.36. The molecule has 0 saturated carbocycles. The zero-order valence-electron chi connectivity index (χ0n) is 17.5. The standard InChI is InChI=1S/C20H26F3N5O2/c1-5-28-10-12(2)8-14(11-28)24-17-19(29)27(3)18(26-25-17)15-7-6-13(20(21,22)23)9-16(15)30-4/h6-7,9,12,14H,5,8,10-11H2,1-4H3,(H,24,25)/t12-,14+/m0/s1. The second-order valence-corrected chi connectivity index (χ2v) is 7.68. The van der Waals surface area contributed by atoms with Crippen molar-refractivity contribution in [2.45, 2.75) is 32.5 Å². The fraction of sp³-hybridized carbons (Fsp3) is 0.550. The number of nitrogens with one attached hydrogen (secondary N) is 1. The summed E-state index contributed by atoms with van der Waals surface area (Å²) in [6, 6.07) is 3.12. The maximum atomic E-state index is 13.0. The highest BCUT2D eigenvalue weighted by atomic mass is 19.4. The Hall–Kier alpha value is -2.62. The maximum absolute atomic E-state index is 13.0. The minimum Gasteiger partial charge on any atom is -0.496 e. The van der Waals surface area contributed by atoms with Crippen LogP contribution in [0.1, 0.15) is 25.8 Å². The molecule has 3 rings (SSSR count). The van der Waals surface area contributed by atoms with Gasteiger partial charge in [0.15, 0.2) is 5.82 Å². The third-order valence-corrected chi connectivity index (χ3v) is 5.36. The van der Waals surface area contributed by atoms with E-state index in [0.717, 1.165) is 38.2 Å². The molecule has 0 aliphatic carbocycles. The molecule has 1 fully saturated rings. The second-order valence-electron chi connectivity index (χ2n) is 7.68. The molecule has 1 aromatic carbocycles. The van der Waals surface area contributed by atoms with E-state index in [1.54, 1.807) is 0 Å². The molecule has 0 bridgehead atoms. The Kier molecular flexibility index (Phi) is 6.35. The van der Waals surface area contributed by atoms with Crippen molar-refractivity contribution in [2.75, 3.05) is 32.1 Å². The summed E-state index contributed by atoms with van der Waals surface area (Å²) in [5, 5.41) is 11.3. The topological polar surface area (TPSA) is 72.3 Å². The summed E-state index contributed by atoms with van der Waals surface area (Å²) in [6.07, 6.45) is -3.59. The Morgan fingerprint density at radius 1 is 1.27 bits per heavy atom. The second kappa shape index (κ2) is 8.63. The summed E-state index contributed by atoms with van der Waals surface area (Å²) in [5.41, 5.74) is -0.984. The molecule has 2 atom stereocenters. The molecule has 7 nitrogen and oxygen atoms in total. The van der Waals surface area contributed by atoms with Crippen molar-refractivity contribution in [1.82, 2.24) is 19.7 Å². The van der Waals surface area contributed by atoms with Gasteiger partial charge in [-0.05, 0) is 37.1 Å². The molecule has 0 spiro atoms. The molecule has 1 saturated heterocycles. The molecule has 1 aliphatic heterocycles. The maximum Gasteiger partial charge on any atom is 0.416 e. The van der Waals surface area contributed by atoms with E-state index in [1.165, 1.54) is 24.8 Å². The molecule has 164 valence electrons. The number of alkyl halides is 3. The van der Waals surface area contributed by atoms with E-state index in [1.807, 2.05) is 0 Å². The number of rotatable bonds is 5. The number of aromatic nitrogens is 3. The third-order valence-electron chi connectivity index (χ3n) is 5.36. The van der Waals surface area contributed by atoms with Gasteiger partial charge in [-0.1, -0.05) is 13.8 Å². The van der Waals surface area contributed by atoms with Crippen molar-refractivity contribution in [3.8, 4) is 17.1 Å². The van der Waals surface area contributed by atoms with Crippen LogP contribution in [0.3, 0.4) is 0 Å². The van der Waals surface area contributed by atoms with Gasteiger partial charge >= 0.3 is 6.18 Å². The average molecular weight is 425 g/mol. The fourth-order valence-electron chi connectivity index (χ4n) is 3.86. The molecule has 1 aliphatic rings. The van der Waals surface area contributed by atoms with Crippen LogP contribution in [0.5, 0.6) is 5.75 Å². The summed E-state index contributed by atoms with van der Waals surface area (Å²) in [6.45, 7) is 7.02. The molecule has 0 amide bonds. The van der Waals surface area contributed by atoms with Gasteiger partial charge in [0.2, 0.25) is 5.82 Å². The number of likely N-dealkylation sites (tertiary alicyclic amines) is 1. The normalized spacial score (nSPS) is 20.2. The zero-order chi connectivity index (χ0) is 22.1. The monoisotopic (exact) mass is 425 g/mol. The number of ether oxygens (including phenoxy) is 1. The number of hydrogen-bond donors (Lipinski definition) is 1. The van der Waals surface area contributed by atoms with E-state index in [9.17, 15) is 18.0 Å². The van der Waals surface area contributed by atoms with Crippen LogP contribution in [0.4, 0.5) is 19.0 Å². The largest absolute Gasteiger partial charge is 0.496 e. The number of hydrogen-bond acceptors (Lipinski definition) is 6. The van der Waals surface area contributed by atoms with Crippen molar-refractivity contribution < 1.29 is 17.9 Å². The lowest BCUT2D eigenvalue weighted by molar-refractivity contribution is -0.137.